The molecule has 7 heteroatoms. The third-order valence-electron chi connectivity index (χ3n) is 4.38. The van der Waals surface area contributed by atoms with Crippen molar-refractivity contribution in [3.05, 3.63) is 58.2 Å². The molecule has 1 aromatic heterocycles. The minimum Gasteiger partial charge on any atom is -0.504 e. The van der Waals surface area contributed by atoms with Crippen LogP contribution in [-0.4, -0.2) is 14.9 Å². The molecule has 3 aromatic rings. The fourth-order valence-corrected chi connectivity index (χ4v) is 3.36. The monoisotopic (exact) mass is 399 g/mol. The Balaban J connectivity index is 1.69. The molecule has 0 bridgehead atoms. The van der Waals surface area contributed by atoms with Crippen molar-refractivity contribution < 1.29 is 5.11 Å². The number of benzene rings is 2. The molecule has 0 saturated heterocycles. The van der Waals surface area contributed by atoms with E-state index in [1.807, 2.05) is 49.5 Å². The second-order valence-electron chi connectivity index (χ2n) is 6.02. The molecule has 1 unspecified atom stereocenters. The first-order valence-electron chi connectivity index (χ1n) is 7.94. The summed E-state index contributed by atoms with van der Waals surface area (Å²) in [5, 5.41) is 22.0. The standard InChI is InChI=1S/C18H18BrN5O/c1-24-16(17(25)15(23-24)11-3-5-12(19)6-4-11)18-21-13-7-2-10(9-20)8-14(13)22-18/h2-8,18,21-22,25H,9,20H2,1H3. The minimum absolute atomic E-state index is 0.168. The van der Waals surface area contributed by atoms with Gasteiger partial charge in [0, 0.05) is 23.6 Å². The molecule has 0 radical (unpaired) electrons. The highest BCUT2D eigenvalue weighted by molar-refractivity contribution is 9.10. The smallest absolute Gasteiger partial charge is 0.169 e. The zero-order valence-electron chi connectivity index (χ0n) is 13.6. The number of halogens is 1. The first-order chi connectivity index (χ1) is 12.1. The number of rotatable bonds is 3. The SMILES string of the molecule is Cn1nc(-c2ccc(Br)cc2)c(O)c1C1Nc2ccc(CN)cc2N1. The summed E-state index contributed by atoms with van der Waals surface area (Å²) in [4.78, 5) is 0. The van der Waals surface area contributed by atoms with Gasteiger partial charge in [-0.2, -0.15) is 5.10 Å². The van der Waals surface area contributed by atoms with E-state index in [2.05, 4.69) is 31.7 Å². The van der Waals surface area contributed by atoms with E-state index in [1.54, 1.807) is 4.68 Å². The minimum atomic E-state index is -0.260. The van der Waals surface area contributed by atoms with Crippen LogP contribution in [0.15, 0.2) is 46.9 Å². The average molecular weight is 400 g/mol. The van der Waals surface area contributed by atoms with E-state index in [1.165, 1.54) is 0 Å². The molecule has 0 saturated carbocycles. The van der Waals surface area contributed by atoms with Crippen molar-refractivity contribution in [1.29, 1.82) is 0 Å². The van der Waals surface area contributed by atoms with Crippen LogP contribution < -0.4 is 16.4 Å². The lowest BCUT2D eigenvalue weighted by molar-refractivity contribution is 0.464. The van der Waals surface area contributed by atoms with Gasteiger partial charge in [-0.3, -0.25) is 4.68 Å². The van der Waals surface area contributed by atoms with Crippen LogP contribution in [0.2, 0.25) is 0 Å². The number of anilines is 2. The van der Waals surface area contributed by atoms with Crippen molar-refractivity contribution in [2.45, 2.75) is 12.7 Å². The lowest BCUT2D eigenvalue weighted by Gasteiger charge is -2.13. The molecule has 2 heterocycles. The van der Waals surface area contributed by atoms with Gasteiger partial charge in [0.25, 0.3) is 0 Å². The Bertz CT molecular complexity index is 935. The molecule has 0 amide bonds. The van der Waals surface area contributed by atoms with E-state index in [9.17, 15) is 5.11 Å². The van der Waals surface area contributed by atoms with Crippen LogP contribution in [0.25, 0.3) is 11.3 Å². The van der Waals surface area contributed by atoms with Crippen molar-refractivity contribution in [3.63, 3.8) is 0 Å². The number of nitrogens with two attached hydrogens (primary N) is 1. The number of aromatic nitrogens is 2. The Kier molecular flexibility index (Phi) is 3.89. The summed E-state index contributed by atoms with van der Waals surface area (Å²) < 4.78 is 2.68. The molecular formula is C18H18BrN5O. The van der Waals surface area contributed by atoms with Crippen molar-refractivity contribution in [2.24, 2.45) is 12.8 Å². The summed E-state index contributed by atoms with van der Waals surface area (Å²) in [7, 11) is 1.83. The van der Waals surface area contributed by atoms with Crippen LogP contribution in [0.4, 0.5) is 11.4 Å². The maximum absolute atomic E-state index is 10.8. The normalized spacial score (nSPS) is 15.6. The van der Waals surface area contributed by atoms with Gasteiger partial charge in [-0.05, 0) is 29.8 Å². The highest BCUT2D eigenvalue weighted by atomic mass is 79.9. The molecule has 0 fully saturated rings. The van der Waals surface area contributed by atoms with Gasteiger partial charge in [0.05, 0.1) is 11.4 Å². The molecule has 25 heavy (non-hydrogen) atoms. The summed E-state index contributed by atoms with van der Waals surface area (Å²) in [6.45, 7) is 0.490. The summed E-state index contributed by atoms with van der Waals surface area (Å²) in [6, 6.07) is 13.7. The largest absolute Gasteiger partial charge is 0.504 e. The van der Waals surface area contributed by atoms with Gasteiger partial charge < -0.3 is 21.5 Å². The molecule has 6 nitrogen and oxygen atoms in total. The third-order valence-corrected chi connectivity index (χ3v) is 4.90. The number of nitrogens with one attached hydrogen (secondary N) is 2. The number of hydrogen-bond donors (Lipinski definition) is 4. The first-order valence-corrected chi connectivity index (χ1v) is 8.74. The van der Waals surface area contributed by atoms with Crippen molar-refractivity contribution >= 4 is 27.3 Å². The van der Waals surface area contributed by atoms with Gasteiger partial charge in [-0.15, -0.1) is 0 Å². The maximum atomic E-state index is 10.8. The fraction of sp³-hybridized carbons (Fsp3) is 0.167. The van der Waals surface area contributed by atoms with Crippen LogP contribution in [0.1, 0.15) is 17.4 Å². The van der Waals surface area contributed by atoms with Crippen LogP contribution in [0.5, 0.6) is 5.75 Å². The van der Waals surface area contributed by atoms with Crippen molar-refractivity contribution in [2.75, 3.05) is 10.6 Å². The summed E-state index contributed by atoms with van der Waals surface area (Å²) in [5.74, 6) is 0.168. The lowest BCUT2D eigenvalue weighted by atomic mass is 10.1. The second-order valence-corrected chi connectivity index (χ2v) is 6.93. The van der Waals surface area contributed by atoms with E-state index in [0.717, 1.165) is 27.0 Å². The Labute approximate surface area is 153 Å². The maximum Gasteiger partial charge on any atom is 0.169 e. The molecular weight excluding hydrogens is 382 g/mol. The van der Waals surface area contributed by atoms with E-state index < -0.39 is 0 Å². The topological polar surface area (TPSA) is 88.1 Å². The number of fused-ring (bicyclic) bond motifs is 1. The number of aryl methyl sites for hydroxylation is 1. The highest BCUT2D eigenvalue weighted by Crippen LogP contribution is 2.41. The molecule has 0 spiro atoms. The predicted octanol–water partition coefficient (Wildman–Crippen LogP) is 3.55. The summed E-state index contributed by atoms with van der Waals surface area (Å²) in [5.41, 5.74) is 10.8. The van der Waals surface area contributed by atoms with E-state index in [0.29, 0.717) is 17.9 Å². The quantitative estimate of drug-likeness (QED) is 0.540. The molecule has 5 N–H and O–H groups in total. The fourth-order valence-electron chi connectivity index (χ4n) is 3.10. The Morgan fingerprint density at radius 2 is 1.88 bits per heavy atom. The first kappa shape index (κ1) is 16.0. The summed E-state index contributed by atoms with van der Waals surface area (Å²) >= 11 is 3.42. The Hall–Kier alpha value is -2.51. The summed E-state index contributed by atoms with van der Waals surface area (Å²) in [6.07, 6.45) is -0.260. The van der Waals surface area contributed by atoms with Crippen LogP contribution in [0.3, 0.4) is 0 Å². The molecule has 2 aromatic carbocycles. The number of aromatic hydroxyl groups is 1. The molecule has 128 valence electrons. The van der Waals surface area contributed by atoms with Crippen LogP contribution >= 0.6 is 15.9 Å². The van der Waals surface area contributed by atoms with E-state index in [-0.39, 0.29) is 11.9 Å². The average Bonchev–Trinajstić information content (AvgIpc) is 3.15. The van der Waals surface area contributed by atoms with E-state index >= 15 is 0 Å². The van der Waals surface area contributed by atoms with Crippen molar-refractivity contribution in [1.82, 2.24) is 9.78 Å². The zero-order valence-corrected chi connectivity index (χ0v) is 15.2. The highest BCUT2D eigenvalue weighted by Gasteiger charge is 2.29. The van der Waals surface area contributed by atoms with Crippen molar-refractivity contribution in [3.8, 4) is 17.0 Å². The lowest BCUT2D eigenvalue weighted by Crippen LogP contribution is -2.16. The predicted molar refractivity (Wildman–Crippen MR) is 102 cm³/mol. The third kappa shape index (κ3) is 2.75. The van der Waals surface area contributed by atoms with Gasteiger partial charge in [0.1, 0.15) is 17.6 Å². The second kappa shape index (κ2) is 6.09. The molecule has 4 rings (SSSR count). The molecule has 0 aliphatic carbocycles. The number of hydrogen-bond acceptors (Lipinski definition) is 5. The Morgan fingerprint density at radius 1 is 1.16 bits per heavy atom. The van der Waals surface area contributed by atoms with Gasteiger partial charge >= 0.3 is 0 Å². The van der Waals surface area contributed by atoms with Gasteiger partial charge in [0.2, 0.25) is 0 Å². The number of nitrogens with zero attached hydrogens (tertiary/aromatic N) is 2. The zero-order chi connectivity index (χ0) is 17.6. The Morgan fingerprint density at radius 3 is 2.60 bits per heavy atom. The van der Waals surface area contributed by atoms with Crippen LogP contribution in [0, 0.1) is 0 Å². The molecule has 1 aliphatic rings. The van der Waals surface area contributed by atoms with E-state index in [4.69, 9.17) is 5.73 Å². The van der Waals surface area contributed by atoms with Gasteiger partial charge in [0.15, 0.2) is 5.75 Å². The molecule has 1 aliphatic heterocycles. The van der Waals surface area contributed by atoms with Gasteiger partial charge in [-0.25, -0.2) is 0 Å². The van der Waals surface area contributed by atoms with Gasteiger partial charge in [-0.1, -0.05) is 34.1 Å². The molecule has 1 atom stereocenters. The van der Waals surface area contributed by atoms with Crippen LogP contribution in [-0.2, 0) is 13.6 Å².